The molecule has 4 aromatic rings. The van der Waals surface area contributed by atoms with Gasteiger partial charge in [-0.15, -0.1) is 0 Å². The lowest BCUT2D eigenvalue weighted by molar-refractivity contribution is 0.413. The number of aromatic nitrogens is 3. The fourth-order valence-electron chi connectivity index (χ4n) is 2.64. The number of para-hydroxylation sites is 1. The molecule has 0 saturated carbocycles. The summed E-state index contributed by atoms with van der Waals surface area (Å²) >= 11 is 0. The van der Waals surface area contributed by atoms with Crippen molar-refractivity contribution in [1.29, 1.82) is 0 Å². The van der Waals surface area contributed by atoms with Gasteiger partial charge in [0.25, 0.3) is 0 Å². The molecule has 0 unspecified atom stereocenters. The summed E-state index contributed by atoms with van der Waals surface area (Å²) in [7, 11) is 1.61. The Balaban J connectivity index is 1.79. The van der Waals surface area contributed by atoms with Crippen molar-refractivity contribution >= 4 is 22.7 Å². The number of ether oxygens (including phenoxy) is 1. The maximum Gasteiger partial charge on any atom is 0.229 e. The van der Waals surface area contributed by atoms with Crippen molar-refractivity contribution in [1.82, 2.24) is 15.0 Å². The zero-order valence-electron chi connectivity index (χ0n) is 13.7. The molecule has 0 amide bonds. The molecular weight excluding hydrogens is 312 g/mol. The number of rotatable bonds is 4. The fourth-order valence-corrected chi connectivity index (χ4v) is 2.64. The van der Waals surface area contributed by atoms with Crippen LogP contribution in [0.25, 0.3) is 22.2 Å². The molecule has 2 aromatic heterocycles. The normalized spacial score (nSPS) is 10.6. The van der Waals surface area contributed by atoms with Gasteiger partial charge in [-0.2, -0.15) is 0 Å². The van der Waals surface area contributed by atoms with Crippen LogP contribution in [0.5, 0.6) is 5.75 Å². The summed E-state index contributed by atoms with van der Waals surface area (Å²) in [6.45, 7) is 0. The van der Waals surface area contributed by atoms with E-state index in [1.165, 1.54) is 0 Å². The lowest BCUT2D eigenvalue weighted by Gasteiger charge is -2.10. The van der Waals surface area contributed by atoms with Gasteiger partial charge in [0.2, 0.25) is 5.95 Å². The first-order valence-corrected chi connectivity index (χ1v) is 7.93. The summed E-state index contributed by atoms with van der Waals surface area (Å²) in [6, 6.07) is 21.8. The van der Waals surface area contributed by atoms with Gasteiger partial charge in [0, 0.05) is 10.9 Å². The van der Waals surface area contributed by atoms with Crippen LogP contribution in [0.2, 0.25) is 0 Å². The van der Waals surface area contributed by atoms with Gasteiger partial charge in [-0.1, -0.05) is 48.5 Å². The van der Waals surface area contributed by atoms with Crippen LogP contribution in [0.15, 0.2) is 72.9 Å². The Morgan fingerprint density at radius 2 is 1.64 bits per heavy atom. The minimum atomic E-state index is 0.509. The number of benzene rings is 2. The van der Waals surface area contributed by atoms with Gasteiger partial charge in [-0.3, -0.25) is 0 Å². The number of fused-ring (bicyclic) bond motifs is 1. The van der Waals surface area contributed by atoms with Crippen LogP contribution in [0.3, 0.4) is 0 Å². The van der Waals surface area contributed by atoms with E-state index in [4.69, 9.17) is 9.72 Å². The van der Waals surface area contributed by atoms with E-state index in [-0.39, 0.29) is 0 Å². The van der Waals surface area contributed by atoms with Crippen molar-refractivity contribution in [3.8, 4) is 17.0 Å². The molecule has 0 radical (unpaired) electrons. The van der Waals surface area contributed by atoms with Crippen LogP contribution < -0.4 is 10.1 Å². The quantitative estimate of drug-likeness (QED) is 0.600. The highest BCUT2D eigenvalue weighted by Gasteiger charge is 2.10. The topological polar surface area (TPSA) is 59.9 Å². The molecular formula is C20H16N4O. The maximum absolute atomic E-state index is 5.13. The standard InChI is InChI=1S/C20H16N4O/c1-25-15-11-12-18(21-13-15)23-20-22-17-10-6-5-9-16(17)19(24-20)14-7-3-2-4-8-14/h2-13H,1H3,(H,21,22,23,24). The molecule has 5 nitrogen and oxygen atoms in total. The molecule has 0 atom stereocenters. The molecule has 0 spiro atoms. The molecule has 4 rings (SSSR count). The van der Waals surface area contributed by atoms with Crippen molar-refractivity contribution in [2.24, 2.45) is 0 Å². The van der Waals surface area contributed by atoms with Gasteiger partial charge in [0.1, 0.15) is 11.6 Å². The van der Waals surface area contributed by atoms with Crippen LogP contribution in [0, 0.1) is 0 Å². The van der Waals surface area contributed by atoms with Crippen molar-refractivity contribution in [3.63, 3.8) is 0 Å². The molecule has 122 valence electrons. The Labute approximate surface area is 145 Å². The van der Waals surface area contributed by atoms with Crippen molar-refractivity contribution < 1.29 is 4.74 Å². The molecule has 0 fully saturated rings. The third-order valence-corrected chi connectivity index (χ3v) is 3.86. The van der Waals surface area contributed by atoms with Crippen LogP contribution in [0.4, 0.5) is 11.8 Å². The van der Waals surface area contributed by atoms with E-state index in [9.17, 15) is 0 Å². The maximum atomic E-state index is 5.13. The minimum Gasteiger partial charge on any atom is -0.495 e. The van der Waals surface area contributed by atoms with Gasteiger partial charge in [0.05, 0.1) is 24.5 Å². The molecule has 1 N–H and O–H groups in total. The SMILES string of the molecule is COc1ccc(Nc2nc(-c3ccccc3)c3ccccc3n2)nc1. The van der Waals surface area contributed by atoms with E-state index in [1.54, 1.807) is 13.3 Å². The third-order valence-electron chi connectivity index (χ3n) is 3.86. The van der Waals surface area contributed by atoms with Crippen molar-refractivity contribution in [3.05, 3.63) is 72.9 Å². The lowest BCUT2D eigenvalue weighted by atomic mass is 10.1. The Kier molecular flexibility index (Phi) is 3.96. The van der Waals surface area contributed by atoms with Crippen LogP contribution >= 0.6 is 0 Å². The number of nitrogens with one attached hydrogen (secondary N) is 1. The highest BCUT2D eigenvalue weighted by atomic mass is 16.5. The molecule has 2 aromatic carbocycles. The van der Waals surface area contributed by atoms with E-state index >= 15 is 0 Å². The summed E-state index contributed by atoms with van der Waals surface area (Å²) < 4.78 is 5.13. The Hall–Kier alpha value is -3.47. The van der Waals surface area contributed by atoms with Crippen LogP contribution in [-0.2, 0) is 0 Å². The van der Waals surface area contributed by atoms with Gasteiger partial charge in [-0.05, 0) is 18.2 Å². The molecule has 25 heavy (non-hydrogen) atoms. The Morgan fingerprint density at radius 1 is 0.840 bits per heavy atom. The highest BCUT2D eigenvalue weighted by Crippen LogP contribution is 2.27. The van der Waals surface area contributed by atoms with E-state index < -0.39 is 0 Å². The fraction of sp³-hybridized carbons (Fsp3) is 0.0500. The first-order valence-electron chi connectivity index (χ1n) is 7.93. The molecule has 0 aliphatic rings. The van der Waals surface area contributed by atoms with Gasteiger partial charge in [-0.25, -0.2) is 15.0 Å². The minimum absolute atomic E-state index is 0.509. The second-order valence-corrected chi connectivity index (χ2v) is 5.49. The second-order valence-electron chi connectivity index (χ2n) is 5.49. The number of hydrogen-bond acceptors (Lipinski definition) is 5. The molecule has 0 bridgehead atoms. The summed E-state index contributed by atoms with van der Waals surface area (Å²) in [5, 5.41) is 4.18. The summed E-state index contributed by atoms with van der Waals surface area (Å²) in [4.78, 5) is 13.6. The summed E-state index contributed by atoms with van der Waals surface area (Å²) in [6.07, 6.45) is 1.65. The zero-order valence-corrected chi connectivity index (χ0v) is 13.7. The third kappa shape index (κ3) is 3.12. The molecule has 0 aliphatic carbocycles. The molecule has 5 heteroatoms. The van der Waals surface area contributed by atoms with Gasteiger partial charge in [0.15, 0.2) is 0 Å². The number of nitrogens with zero attached hydrogens (tertiary/aromatic N) is 3. The Bertz CT molecular complexity index is 1000. The van der Waals surface area contributed by atoms with Gasteiger partial charge < -0.3 is 10.1 Å². The lowest BCUT2D eigenvalue weighted by Crippen LogP contribution is -2.01. The smallest absolute Gasteiger partial charge is 0.229 e. The monoisotopic (exact) mass is 328 g/mol. The first kappa shape index (κ1) is 15.1. The predicted octanol–water partition coefficient (Wildman–Crippen LogP) is 4.44. The average Bonchev–Trinajstić information content (AvgIpc) is 2.68. The number of anilines is 2. The number of hydrogen-bond donors (Lipinski definition) is 1. The molecule has 0 saturated heterocycles. The highest BCUT2D eigenvalue weighted by molar-refractivity contribution is 5.93. The van der Waals surface area contributed by atoms with Crippen molar-refractivity contribution in [2.45, 2.75) is 0 Å². The van der Waals surface area contributed by atoms with Crippen LogP contribution in [0.1, 0.15) is 0 Å². The van der Waals surface area contributed by atoms with Crippen molar-refractivity contribution in [2.75, 3.05) is 12.4 Å². The van der Waals surface area contributed by atoms with E-state index in [0.717, 1.165) is 22.2 Å². The van der Waals surface area contributed by atoms with Crippen LogP contribution in [-0.4, -0.2) is 22.1 Å². The van der Waals surface area contributed by atoms with E-state index in [0.29, 0.717) is 17.5 Å². The summed E-state index contributed by atoms with van der Waals surface area (Å²) in [5.41, 5.74) is 2.82. The van der Waals surface area contributed by atoms with E-state index in [1.807, 2.05) is 66.7 Å². The van der Waals surface area contributed by atoms with Gasteiger partial charge >= 0.3 is 0 Å². The summed E-state index contributed by atoms with van der Waals surface area (Å²) in [5.74, 6) is 1.88. The largest absolute Gasteiger partial charge is 0.495 e. The number of pyridine rings is 1. The van der Waals surface area contributed by atoms with E-state index in [2.05, 4.69) is 15.3 Å². The first-order chi connectivity index (χ1) is 12.3. The second kappa shape index (κ2) is 6.57. The Morgan fingerprint density at radius 3 is 2.40 bits per heavy atom. The molecule has 2 heterocycles. The average molecular weight is 328 g/mol. The molecule has 0 aliphatic heterocycles. The number of methoxy groups -OCH3 is 1. The predicted molar refractivity (Wildman–Crippen MR) is 99.0 cm³/mol. The zero-order chi connectivity index (χ0) is 17.1.